The van der Waals surface area contributed by atoms with Gasteiger partial charge in [-0.05, 0) is 42.9 Å². The van der Waals surface area contributed by atoms with Gasteiger partial charge in [-0.2, -0.15) is 0 Å². The van der Waals surface area contributed by atoms with E-state index in [1.807, 2.05) is 12.3 Å². The number of aromatic nitrogens is 1. The van der Waals surface area contributed by atoms with Crippen LogP contribution in [0.4, 0.5) is 10.6 Å². The van der Waals surface area contributed by atoms with Crippen LogP contribution in [-0.4, -0.2) is 41.9 Å². The third kappa shape index (κ3) is 6.90. The number of aliphatic hydroxyl groups is 1. The number of aliphatic hydroxyl groups excluding tert-OH is 1. The number of carbonyl (C=O) groups is 1. The van der Waals surface area contributed by atoms with Crippen LogP contribution in [-0.2, 0) is 6.54 Å². The van der Waals surface area contributed by atoms with Crippen LogP contribution in [0.1, 0.15) is 51.5 Å². The molecular weight excluding hydrogens is 316 g/mol. The number of anilines is 1. The third-order valence-electron chi connectivity index (χ3n) is 4.50. The average molecular weight is 348 g/mol. The topological polar surface area (TPSA) is 77.5 Å². The third-order valence-corrected chi connectivity index (χ3v) is 4.50. The van der Waals surface area contributed by atoms with Crippen LogP contribution in [0.25, 0.3) is 0 Å². The van der Waals surface area contributed by atoms with E-state index in [0.717, 1.165) is 30.9 Å². The molecule has 25 heavy (non-hydrogen) atoms. The normalized spacial score (nSPS) is 16.4. The molecule has 1 unspecified atom stereocenters. The van der Waals surface area contributed by atoms with Crippen molar-refractivity contribution < 1.29 is 9.90 Å². The summed E-state index contributed by atoms with van der Waals surface area (Å²) in [5.74, 6) is 1.42. The van der Waals surface area contributed by atoms with Gasteiger partial charge in [0.15, 0.2) is 0 Å². The van der Waals surface area contributed by atoms with Gasteiger partial charge in [-0.25, -0.2) is 9.78 Å². The molecule has 0 aliphatic carbocycles. The van der Waals surface area contributed by atoms with Crippen molar-refractivity contribution in [3.63, 3.8) is 0 Å². The van der Waals surface area contributed by atoms with Crippen LogP contribution >= 0.6 is 0 Å². The lowest BCUT2D eigenvalue weighted by Gasteiger charge is -2.22. The number of hydrogen-bond acceptors (Lipinski definition) is 4. The lowest BCUT2D eigenvalue weighted by Crippen LogP contribution is -2.44. The van der Waals surface area contributed by atoms with Crippen molar-refractivity contribution >= 4 is 11.8 Å². The Kier molecular flexibility index (Phi) is 7.98. The molecule has 140 valence electrons. The molecule has 1 aromatic rings. The van der Waals surface area contributed by atoms with Crippen LogP contribution in [0.15, 0.2) is 18.3 Å². The lowest BCUT2D eigenvalue weighted by atomic mass is 10.0. The van der Waals surface area contributed by atoms with Crippen molar-refractivity contribution in [3.05, 3.63) is 23.9 Å². The highest BCUT2D eigenvalue weighted by molar-refractivity contribution is 5.74. The van der Waals surface area contributed by atoms with Crippen molar-refractivity contribution in [1.29, 1.82) is 0 Å². The number of urea groups is 1. The quantitative estimate of drug-likeness (QED) is 0.708. The van der Waals surface area contributed by atoms with Gasteiger partial charge in [0.1, 0.15) is 5.82 Å². The standard InChI is InChI=1S/C19H32N4O2/c1-15(2)11-17(14-24)22-19(25)21-13-16-7-8-20-18(12-16)23-9-5-3-4-6-10-23/h7-8,12,15,17,24H,3-6,9-11,13-14H2,1-2H3,(H2,21,22,25). The maximum atomic E-state index is 12.0. The van der Waals surface area contributed by atoms with E-state index in [9.17, 15) is 9.90 Å². The van der Waals surface area contributed by atoms with Gasteiger partial charge in [-0.1, -0.05) is 26.7 Å². The van der Waals surface area contributed by atoms with Gasteiger partial charge in [0.25, 0.3) is 0 Å². The Hall–Kier alpha value is -1.82. The summed E-state index contributed by atoms with van der Waals surface area (Å²) in [5.41, 5.74) is 1.04. The molecule has 1 atom stereocenters. The fourth-order valence-electron chi connectivity index (χ4n) is 3.21. The molecule has 6 nitrogen and oxygen atoms in total. The van der Waals surface area contributed by atoms with Crippen LogP contribution < -0.4 is 15.5 Å². The first-order chi connectivity index (χ1) is 12.1. The molecule has 1 aliphatic heterocycles. The number of amides is 2. The fourth-order valence-corrected chi connectivity index (χ4v) is 3.21. The van der Waals surface area contributed by atoms with Gasteiger partial charge >= 0.3 is 6.03 Å². The summed E-state index contributed by atoms with van der Waals surface area (Å²) in [6.07, 6.45) is 7.58. The van der Waals surface area contributed by atoms with E-state index in [0.29, 0.717) is 12.5 Å². The first-order valence-electron chi connectivity index (χ1n) is 9.43. The smallest absolute Gasteiger partial charge is 0.315 e. The van der Waals surface area contributed by atoms with E-state index >= 15 is 0 Å². The second-order valence-electron chi connectivity index (χ2n) is 7.26. The van der Waals surface area contributed by atoms with Crippen molar-refractivity contribution in [2.24, 2.45) is 5.92 Å². The lowest BCUT2D eigenvalue weighted by molar-refractivity contribution is 0.206. The summed E-state index contributed by atoms with van der Waals surface area (Å²) in [6, 6.07) is 3.54. The minimum absolute atomic E-state index is 0.0417. The second kappa shape index (κ2) is 10.2. The monoisotopic (exact) mass is 348 g/mol. The zero-order valence-electron chi connectivity index (χ0n) is 15.5. The van der Waals surface area contributed by atoms with Crippen molar-refractivity contribution in [2.75, 3.05) is 24.6 Å². The van der Waals surface area contributed by atoms with E-state index < -0.39 is 0 Å². The van der Waals surface area contributed by atoms with Gasteiger partial charge in [-0.3, -0.25) is 0 Å². The number of nitrogens with zero attached hydrogens (tertiary/aromatic N) is 2. The highest BCUT2D eigenvalue weighted by atomic mass is 16.3. The second-order valence-corrected chi connectivity index (χ2v) is 7.26. The van der Waals surface area contributed by atoms with Gasteiger partial charge in [0.2, 0.25) is 0 Å². The molecule has 3 N–H and O–H groups in total. The molecule has 1 aliphatic rings. The van der Waals surface area contributed by atoms with E-state index in [1.165, 1.54) is 25.7 Å². The Balaban J connectivity index is 1.85. The number of pyridine rings is 1. The molecule has 1 aromatic heterocycles. The molecule has 0 bridgehead atoms. The van der Waals surface area contributed by atoms with Crippen LogP contribution in [0, 0.1) is 5.92 Å². The van der Waals surface area contributed by atoms with Crippen LogP contribution in [0.5, 0.6) is 0 Å². The molecule has 2 heterocycles. The molecule has 2 amide bonds. The predicted molar refractivity (Wildman–Crippen MR) is 101 cm³/mol. The Morgan fingerprint density at radius 2 is 2.00 bits per heavy atom. The number of rotatable bonds is 7. The van der Waals surface area contributed by atoms with Crippen molar-refractivity contribution in [3.8, 4) is 0 Å². The minimum atomic E-state index is -0.243. The summed E-state index contributed by atoms with van der Waals surface area (Å²) in [6.45, 7) is 6.66. The number of carbonyl (C=O) groups excluding carboxylic acids is 1. The molecule has 1 saturated heterocycles. The zero-order chi connectivity index (χ0) is 18.1. The summed E-state index contributed by atoms with van der Waals surface area (Å²) < 4.78 is 0. The Labute approximate surface area is 151 Å². The maximum Gasteiger partial charge on any atom is 0.315 e. The minimum Gasteiger partial charge on any atom is -0.394 e. The van der Waals surface area contributed by atoms with Gasteiger partial charge in [0.05, 0.1) is 12.6 Å². The van der Waals surface area contributed by atoms with Gasteiger partial charge < -0.3 is 20.6 Å². The zero-order valence-corrected chi connectivity index (χ0v) is 15.5. The SMILES string of the molecule is CC(C)CC(CO)NC(=O)NCc1ccnc(N2CCCCCC2)c1. The highest BCUT2D eigenvalue weighted by Gasteiger charge is 2.14. The molecule has 0 aromatic carbocycles. The molecule has 6 heteroatoms. The average Bonchev–Trinajstić information content (AvgIpc) is 2.88. The summed E-state index contributed by atoms with van der Waals surface area (Å²) in [5, 5.41) is 15.1. The van der Waals surface area contributed by atoms with Crippen LogP contribution in [0.3, 0.4) is 0 Å². The Morgan fingerprint density at radius 1 is 1.28 bits per heavy atom. The molecular formula is C19H32N4O2. The first kappa shape index (κ1) is 19.5. The van der Waals surface area contributed by atoms with E-state index in [4.69, 9.17) is 0 Å². The van der Waals surface area contributed by atoms with E-state index in [2.05, 4.69) is 40.4 Å². The van der Waals surface area contributed by atoms with Gasteiger partial charge in [-0.15, -0.1) is 0 Å². The Bertz CT molecular complexity index is 528. The maximum absolute atomic E-state index is 12.0. The summed E-state index contributed by atoms with van der Waals surface area (Å²) in [7, 11) is 0. The summed E-state index contributed by atoms with van der Waals surface area (Å²) >= 11 is 0. The van der Waals surface area contributed by atoms with Gasteiger partial charge in [0, 0.05) is 25.8 Å². The molecule has 0 saturated carbocycles. The molecule has 1 fully saturated rings. The van der Waals surface area contributed by atoms with E-state index in [1.54, 1.807) is 0 Å². The predicted octanol–water partition coefficient (Wildman–Crippen LogP) is 2.67. The van der Waals surface area contributed by atoms with Crippen molar-refractivity contribution in [2.45, 2.75) is 58.5 Å². The molecule has 2 rings (SSSR count). The van der Waals surface area contributed by atoms with Crippen LogP contribution in [0.2, 0.25) is 0 Å². The largest absolute Gasteiger partial charge is 0.394 e. The molecule has 0 spiro atoms. The first-order valence-corrected chi connectivity index (χ1v) is 9.43. The molecule has 0 radical (unpaired) electrons. The number of nitrogens with one attached hydrogen (secondary N) is 2. The highest BCUT2D eigenvalue weighted by Crippen LogP contribution is 2.18. The summed E-state index contributed by atoms with van der Waals surface area (Å²) in [4.78, 5) is 18.9. The number of hydrogen-bond donors (Lipinski definition) is 3. The Morgan fingerprint density at radius 3 is 2.64 bits per heavy atom. The van der Waals surface area contributed by atoms with E-state index in [-0.39, 0.29) is 18.7 Å². The fraction of sp³-hybridized carbons (Fsp3) is 0.684. The van der Waals surface area contributed by atoms with Crippen molar-refractivity contribution in [1.82, 2.24) is 15.6 Å².